The quantitative estimate of drug-likeness (QED) is 0.636. The average Bonchev–Trinajstić information content (AvgIpc) is 2.52. The maximum atomic E-state index is 4.44. The Morgan fingerprint density at radius 2 is 1.87 bits per heavy atom. The Morgan fingerprint density at radius 3 is 2.48 bits per heavy atom. The number of benzene rings is 1. The fourth-order valence-electron chi connectivity index (χ4n) is 2.42. The summed E-state index contributed by atoms with van der Waals surface area (Å²) < 4.78 is 0. The van der Waals surface area contributed by atoms with Gasteiger partial charge < -0.3 is 0 Å². The van der Waals surface area contributed by atoms with Gasteiger partial charge in [-0.3, -0.25) is 0 Å². The smallest absolute Gasteiger partial charge is 0.243 e. The van der Waals surface area contributed by atoms with E-state index in [0.29, 0.717) is 11.9 Å². The molecule has 2 rings (SSSR count). The van der Waals surface area contributed by atoms with Crippen molar-refractivity contribution in [1.82, 2.24) is 9.97 Å². The van der Waals surface area contributed by atoms with Crippen molar-refractivity contribution in [2.45, 2.75) is 47.5 Å². The van der Waals surface area contributed by atoms with E-state index in [4.69, 9.17) is 0 Å². The maximum absolute atomic E-state index is 4.44. The number of rotatable bonds is 6. The van der Waals surface area contributed by atoms with Crippen LogP contribution in [0.25, 0.3) is 0 Å². The number of aryl methyl sites for hydroxylation is 2. The molecule has 1 aromatic heterocycles. The molecule has 0 aliphatic heterocycles. The zero-order chi connectivity index (χ0) is 16.8. The van der Waals surface area contributed by atoms with E-state index >= 15 is 0 Å². The highest BCUT2D eigenvalue weighted by molar-refractivity contribution is 5.99. The van der Waals surface area contributed by atoms with Gasteiger partial charge in [-0.2, -0.15) is 5.10 Å². The Morgan fingerprint density at radius 1 is 1.17 bits per heavy atom. The van der Waals surface area contributed by atoms with Crippen molar-refractivity contribution >= 4 is 11.7 Å². The first kappa shape index (κ1) is 17.1. The van der Waals surface area contributed by atoms with Gasteiger partial charge >= 0.3 is 0 Å². The fraction of sp³-hybridized carbons (Fsp3) is 0.421. The van der Waals surface area contributed by atoms with Crippen LogP contribution in [0.4, 0.5) is 5.95 Å². The molecule has 0 aliphatic carbocycles. The Labute approximate surface area is 139 Å². The number of anilines is 1. The number of nitrogens with one attached hydrogen (secondary N) is 1. The van der Waals surface area contributed by atoms with E-state index in [0.717, 1.165) is 35.5 Å². The zero-order valence-corrected chi connectivity index (χ0v) is 14.7. The van der Waals surface area contributed by atoms with E-state index in [1.165, 1.54) is 5.56 Å². The molecule has 4 nitrogen and oxygen atoms in total. The van der Waals surface area contributed by atoms with Crippen LogP contribution in [0.5, 0.6) is 0 Å². The molecule has 0 unspecified atom stereocenters. The third kappa shape index (κ3) is 5.16. The van der Waals surface area contributed by atoms with Crippen molar-refractivity contribution in [3.05, 3.63) is 52.8 Å². The van der Waals surface area contributed by atoms with Crippen molar-refractivity contribution in [2.75, 3.05) is 5.43 Å². The Kier molecular flexibility index (Phi) is 5.85. The van der Waals surface area contributed by atoms with Crippen molar-refractivity contribution in [2.24, 2.45) is 11.0 Å². The lowest BCUT2D eigenvalue weighted by atomic mass is 10.0. The summed E-state index contributed by atoms with van der Waals surface area (Å²) in [7, 11) is 0. The van der Waals surface area contributed by atoms with Crippen molar-refractivity contribution in [1.29, 1.82) is 0 Å². The molecule has 0 bridgehead atoms. The van der Waals surface area contributed by atoms with Crippen LogP contribution in [-0.4, -0.2) is 15.7 Å². The predicted octanol–water partition coefficient (Wildman–Crippen LogP) is 4.38. The van der Waals surface area contributed by atoms with Crippen LogP contribution >= 0.6 is 0 Å². The lowest BCUT2D eigenvalue weighted by molar-refractivity contribution is 0.647. The highest BCUT2D eigenvalue weighted by atomic mass is 15.4. The van der Waals surface area contributed by atoms with Gasteiger partial charge in [0.25, 0.3) is 0 Å². The average molecular weight is 310 g/mol. The Hall–Kier alpha value is -2.23. The second-order valence-corrected chi connectivity index (χ2v) is 6.28. The minimum atomic E-state index is 0.553. The molecular formula is C19H26N4. The van der Waals surface area contributed by atoms with Crippen molar-refractivity contribution in [3.8, 4) is 0 Å². The van der Waals surface area contributed by atoms with Crippen LogP contribution in [0.2, 0.25) is 0 Å². The Balaban J connectivity index is 2.09. The summed E-state index contributed by atoms with van der Waals surface area (Å²) in [4.78, 5) is 8.80. The van der Waals surface area contributed by atoms with Crippen LogP contribution in [-0.2, 0) is 12.8 Å². The van der Waals surface area contributed by atoms with Gasteiger partial charge in [-0.1, -0.05) is 45.0 Å². The van der Waals surface area contributed by atoms with Crippen LogP contribution < -0.4 is 5.43 Å². The molecule has 1 N–H and O–H groups in total. The van der Waals surface area contributed by atoms with Crippen molar-refractivity contribution < 1.29 is 0 Å². The molecule has 0 atom stereocenters. The summed E-state index contributed by atoms with van der Waals surface area (Å²) in [5.41, 5.74) is 8.33. The monoisotopic (exact) mass is 310 g/mol. The Bertz CT molecular complexity index is 672. The number of aromatic nitrogens is 2. The van der Waals surface area contributed by atoms with Crippen LogP contribution in [0.15, 0.2) is 35.4 Å². The molecule has 0 aliphatic rings. The van der Waals surface area contributed by atoms with Gasteiger partial charge in [0, 0.05) is 11.4 Å². The van der Waals surface area contributed by atoms with E-state index in [1.54, 1.807) is 0 Å². The molecule has 1 aromatic carbocycles. The summed E-state index contributed by atoms with van der Waals surface area (Å²) in [5, 5.41) is 4.41. The number of hydrogen-bond donors (Lipinski definition) is 1. The van der Waals surface area contributed by atoms with Crippen LogP contribution in [0.3, 0.4) is 0 Å². The lowest BCUT2D eigenvalue weighted by Crippen LogP contribution is -2.05. The van der Waals surface area contributed by atoms with Gasteiger partial charge in [0.2, 0.25) is 5.95 Å². The first-order valence-electron chi connectivity index (χ1n) is 8.22. The number of hydrazone groups is 1. The molecule has 2 aromatic rings. The molecular weight excluding hydrogens is 284 g/mol. The first-order chi connectivity index (χ1) is 11.0. The van der Waals surface area contributed by atoms with E-state index in [1.807, 2.05) is 19.9 Å². The molecule has 0 amide bonds. The van der Waals surface area contributed by atoms with E-state index < -0.39 is 0 Å². The molecule has 0 fully saturated rings. The molecule has 0 saturated heterocycles. The van der Waals surface area contributed by atoms with Gasteiger partial charge in [-0.15, -0.1) is 0 Å². The standard InChI is InChI=1S/C19H26N4/c1-6-18-12-14(4)20-19(21-18)23-22-15(5)17-9-7-16(8-10-17)11-13(2)3/h7-10,12-13H,6,11H2,1-5H3,(H,20,21,23). The lowest BCUT2D eigenvalue weighted by Gasteiger charge is -2.07. The molecule has 0 radical (unpaired) electrons. The molecule has 23 heavy (non-hydrogen) atoms. The summed E-state index contributed by atoms with van der Waals surface area (Å²) in [6, 6.07) is 10.6. The topological polar surface area (TPSA) is 50.2 Å². The highest BCUT2D eigenvalue weighted by Crippen LogP contribution is 2.11. The highest BCUT2D eigenvalue weighted by Gasteiger charge is 2.03. The summed E-state index contributed by atoms with van der Waals surface area (Å²) in [6.07, 6.45) is 1.99. The van der Waals surface area contributed by atoms with Gasteiger partial charge in [-0.05, 0) is 49.8 Å². The van der Waals surface area contributed by atoms with Gasteiger partial charge in [-0.25, -0.2) is 15.4 Å². The van der Waals surface area contributed by atoms with Crippen molar-refractivity contribution in [3.63, 3.8) is 0 Å². The normalized spacial score (nSPS) is 11.8. The van der Waals surface area contributed by atoms with E-state index in [-0.39, 0.29) is 0 Å². The largest absolute Gasteiger partial charge is 0.245 e. The van der Waals surface area contributed by atoms with Crippen LogP contribution in [0, 0.1) is 12.8 Å². The molecule has 0 saturated carbocycles. The van der Waals surface area contributed by atoms with E-state index in [9.17, 15) is 0 Å². The number of nitrogens with zero attached hydrogens (tertiary/aromatic N) is 3. The van der Waals surface area contributed by atoms with Gasteiger partial charge in [0.1, 0.15) is 0 Å². The van der Waals surface area contributed by atoms with Crippen LogP contribution in [0.1, 0.15) is 50.2 Å². The third-order valence-electron chi connectivity index (χ3n) is 3.61. The fourth-order valence-corrected chi connectivity index (χ4v) is 2.42. The summed E-state index contributed by atoms with van der Waals surface area (Å²) in [5.74, 6) is 1.22. The minimum absolute atomic E-state index is 0.553. The molecule has 4 heteroatoms. The SMILES string of the molecule is CCc1cc(C)nc(NN=C(C)c2ccc(CC(C)C)cc2)n1. The minimum Gasteiger partial charge on any atom is -0.245 e. The predicted molar refractivity (Wildman–Crippen MR) is 97.0 cm³/mol. The zero-order valence-electron chi connectivity index (χ0n) is 14.7. The first-order valence-corrected chi connectivity index (χ1v) is 8.22. The third-order valence-corrected chi connectivity index (χ3v) is 3.61. The second kappa shape index (κ2) is 7.86. The number of hydrogen-bond acceptors (Lipinski definition) is 4. The van der Waals surface area contributed by atoms with Gasteiger partial charge in [0.05, 0.1) is 5.71 Å². The molecule has 122 valence electrons. The summed E-state index contributed by atoms with van der Waals surface area (Å²) >= 11 is 0. The maximum Gasteiger partial charge on any atom is 0.243 e. The molecule has 0 spiro atoms. The van der Waals surface area contributed by atoms with Gasteiger partial charge in [0.15, 0.2) is 0 Å². The summed E-state index contributed by atoms with van der Waals surface area (Å²) in [6.45, 7) is 10.5. The van der Waals surface area contributed by atoms with E-state index in [2.05, 4.69) is 65.5 Å². The molecule has 1 heterocycles. The second-order valence-electron chi connectivity index (χ2n) is 6.28.